The number of hydrogen-bond donors (Lipinski definition) is 1. The van der Waals surface area contributed by atoms with Gasteiger partial charge < -0.3 is 0 Å². The molecule has 0 radical (unpaired) electrons. The first-order valence-electron chi connectivity index (χ1n) is 8.96. The number of rotatable bonds is 6. The maximum Gasteiger partial charge on any atom is 0.256 e. The summed E-state index contributed by atoms with van der Waals surface area (Å²) in [7, 11) is 1.80. The molecule has 4 heteroatoms. The zero-order valence-electron chi connectivity index (χ0n) is 15.5. The van der Waals surface area contributed by atoms with Crippen LogP contribution in [0.25, 0.3) is 0 Å². The van der Waals surface area contributed by atoms with Crippen molar-refractivity contribution in [2.45, 2.75) is 32.4 Å². The normalized spacial score (nSPS) is 12.3. The number of nitrogens with one attached hydrogen (secondary N) is 1. The van der Waals surface area contributed by atoms with E-state index in [1.54, 1.807) is 17.8 Å². The minimum Gasteiger partial charge on any atom is -0.300 e. The van der Waals surface area contributed by atoms with Gasteiger partial charge in [0, 0.05) is 25.4 Å². The van der Waals surface area contributed by atoms with E-state index in [0.717, 1.165) is 17.0 Å². The Morgan fingerprint density at radius 3 is 2.23 bits per heavy atom. The highest BCUT2D eigenvalue weighted by molar-refractivity contribution is 5.27. The maximum absolute atomic E-state index is 12.7. The first-order chi connectivity index (χ1) is 12.6. The molecular formula is C22H25N3O. The second-order valence-corrected chi connectivity index (χ2v) is 6.80. The third kappa shape index (κ3) is 3.92. The van der Waals surface area contributed by atoms with Gasteiger partial charge in [0.25, 0.3) is 5.56 Å². The van der Waals surface area contributed by atoms with E-state index in [4.69, 9.17) is 0 Å². The minimum absolute atomic E-state index is 0.0208. The van der Waals surface area contributed by atoms with Crippen LogP contribution in [0.5, 0.6) is 0 Å². The van der Waals surface area contributed by atoms with Crippen LogP contribution in [0.1, 0.15) is 48.3 Å². The molecule has 1 N–H and O–H groups in total. The van der Waals surface area contributed by atoms with Crippen molar-refractivity contribution >= 4 is 0 Å². The summed E-state index contributed by atoms with van der Waals surface area (Å²) < 4.78 is 1.67. The molecule has 0 aliphatic rings. The predicted molar refractivity (Wildman–Crippen MR) is 105 cm³/mol. The highest BCUT2D eigenvalue weighted by Gasteiger charge is 2.20. The molecule has 1 atom stereocenters. The molecule has 1 heterocycles. The molecule has 0 amide bonds. The van der Waals surface area contributed by atoms with E-state index in [1.165, 1.54) is 5.56 Å². The van der Waals surface area contributed by atoms with Gasteiger partial charge >= 0.3 is 0 Å². The lowest BCUT2D eigenvalue weighted by Crippen LogP contribution is -2.32. The lowest BCUT2D eigenvalue weighted by Gasteiger charge is -2.22. The van der Waals surface area contributed by atoms with Gasteiger partial charge in [-0.25, -0.2) is 4.98 Å². The van der Waals surface area contributed by atoms with Crippen molar-refractivity contribution in [3.05, 3.63) is 99.7 Å². The van der Waals surface area contributed by atoms with Crippen LogP contribution in [0.3, 0.4) is 0 Å². The Labute approximate surface area is 154 Å². The fourth-order valence-electron chi connectivity index (χ4n) is 3.06. The average Bonchev–Trinajstić information content (AvgIpc) is 2.66. The molecule has 2 aromatic carbocycles. The first-order valence-corrected chi connectivity index (χ1v) is 8.96. The average molecular weight is 347 g/mol. The van der Waals surface area contributed by atoms with Gasteiger partial charge in [-0.3, -0.25) is 14.7 Å². The van der Waals surface area contributed by atoms with Gasteiger partial charge in [0.2, 0.25) is 0 Å². The highest BCUT2D eigenvalue weighted by atomic mass is 16.1. The van der Waals surface area contributed by atoms with Gasteiger partial charge in [0.15, 0.2) is 0 Å². The molecule has 0 unspecified atom stereocenters. The van der Waals surface area contributed by atoms with Gasteiger partial charge in [0.05, 0.1) is 6.04 Å². The second kappa shape index (κ2) is 8.11. The number of benzene rings is 2. The molecule has 134 valence electrons. The van der Waals surface area contributed by atoms with Gasteiger partial charge in [-0.05, 0) is 17.0 Å². The Hall–Kier alpha value is -2.72. The molecule has 0 aliphatic heterocycles. The van der Waals surface area contributed by atoms with Gasteiger partial charge in [-0.2, -0.15) is 0 Å². The largest absolute Gasteiger partial charge is 0.300 e. The lowest BCUT2D eigenvalue weighted by molar-refractivity contribution is 0.538. The molecule has 3 aromatic rings. The third-order valence-corrected chi connectivity index (χ3v) is 4.60. The van der Waals surface area contributed by atoms with Crippen LogP contribution < -0.4 is 10.9 Å². The fraction of sp³-hybridized carbons (Fsp3) is 0.273. The monoisotopic (exact) mass is 347 g/mol. The second-order valence-electron chi connectivity index (χ2n) is 6.80. The molecule has 0 spiro atoms. The Balaban J connectivity index is 1.99. The van der Waals surface area contributed by atoms with Crippen LogP contribution in [-0.4, -0.2) is 9.55 Å². The van der Waals surface area contributed by atoms with Gasteiger partial charge in [-0.15, -0.1) is 0 Å². The van der Waals surface area contributed by atoms with Gasteiger partial charge in [0.1, 0.15) is 5.82 Å². The Bertz CT molecular complexity index is 902. The Morgan fingerprint density at radius 2 is 1.62 bits per heavy atom. The summed E-state index contributed by atoms with van der Waals surface area (Å²) in [6.07, 6.45) is 1.72. The maximum atomic E-state index is 12.7. The zero-order chi connectivity index (χ0) is 18.5. The molecule has 3 rings (SSSR count). The summed E-state index contributed by atoms with van der Waals surface area (Å²) in [6.45, 7) is 4.73. The zero-order valence-corrected chi connectivity index (χ0v) is 15.5. The van der Waals surface area contributed by atoms with E-state index in [9.17, 15) is 4.79 Å². The SMILES string of the molecule is CC(C)c1cnc([C@@H](NCc2ccccc2)c2ccccc2)n(C)c1=O. The molecule has 4 nitrogen and oxygen atoms in total. The Kier molecular flexibility index (Phi) is 5.64. The summed E-state index contributed by atoms with van der Waals surface area (Å²) in [5.74, 6) is 0.879. The van der Waals surface area contributed by atoms with Crippen molar-refractivity contribution in [3.63, 3.8) is 0 Å². The summed E-state index contributed by atoms with van der Waals surface area (Å²) in [6, 6.07) is 20.2. The molecular weight excluding hydrogens is 322 g/mol. The van der Waals surface area contributed by atoms with E-state index in [2.05, 4.69) is 34.6 Å². The van der Waals surface area contributed by atoms with Crippen LogP contribution in [0.2, 0.25) is 0 Å². The summed E-state index contributed by atoms with van der Waals surface area (Å²) >= 11 is 0. The van der Waals surface area contributed by atoms with Crippen LogP contribution in [0.4, 0.5) is 0 Å². The van der Waals surface area contributed by atoms with E-state index in [0.29, 0.717) is 6.54 Å². The molecule has 0 aliphatic carbocycles. The molecule has 26 heavy (non-hydrogen) atoms. The van der Waals surface area contributed by atoms with Crippen LogP contribution in [0.15, 0.2) is 71.7 Å². The number of nitrogens with zero attached hydrogens (tertiary/aromatic N) is 2. The van der Waals surface area contributed by atoms with Crippen molar-refractivity contribution in [1.82, 2.24) is 14.9 Å². The third-order valence-electron chi connectivity index (χ3n) is 4.60. The summed E-state index contributed by atoms with van der Waals surface area (Å²) in [5.41, 5.74) is 3.04. The summed E-state index contributed by atoms with van der Waals surface area (Å²) in [4.78, 5) is 17.4. The first kappa shape index (κ1) is 18.1. The minimum atomic E-state index is -0.157. The lowest BCUT2D eigenvalue weighted by atomic mass is 10.0. The standard InChI is InChI=1S/C22H25N3O/c1-16(2)19-15-24-21(25(3)22(19)26)20(18-12-8-5-9-13-18)23-14-17-10-6-4-7-11-17/h4-13,15-16,20,23H,14H2,1-3H3/t20-/m0/s1. The van der Waals surface area contributed by atoms with Crippen molar-refractivity contribution in [2.75, 3.05) is 0 Å². The van der Waals surface area contributed by atoms with Crippen LogP contribution in [0, 0.1) is 0 Å². The van der Waals surface area contributed by atoms with Crippen molar-refractivity contribution in [2.24, 2.45) is 7.05 Å². The van der Waals surface area contributed by atoms with E-state index < -0.39 is 0 Å². The molecule has 1 aromatic heterocycles. The van der Waals surface area contributed by atoms with E-state index in [-0.39, 0.29) is 17.5 Å². The molecule has 0 saturated heterocycles. The molecule has 0 saturated carbocycles. The topological polar surface area (TPSA) is 46.9 Å². The quantitative estimate of drug-likeness (QED) is 0.738. The predicted octanol–water partition coefficient (Wildman–Crippen LogP) is 3.78. The van der Waals surface area contributed by atoms with E-state index in [1.807, 2.05) is 50.2 Å². The highest BCUT2D eigenvalue weighted by Crippen LogP contribution is 2.21. The molecule has 0 fully saturated rings. The van der Waals surface area contributed by atoms with Crippen LogP contribution in [-0.2, 0) is 13.6 Å². The molecule has 0 bridgehead atoms. The number of hydrogen-bond acceptors (Lipinski definition) is 3. The van der Waals surface area contributed by atoms with Crippen LogP contribution >= 0.6 is 0 Å². The summed E-state index contributed by atoms with van der Waals surface area (Å²) in [5, 5.41) is 3.56. The van der Waals surface area contributed by atoms with Crippen molar-refractivity contribution < 1.29 is 0 Å². The van der Waals surface area contributed by atoms with Gasteiger partial charge in [-0.1, -0.05) is 74.5 Å². The Morgan fingerprint density at radius 1 is 1.00 bits per heavy atom. The van der Waals surface area contributed by atoms with E-state index >= 15 is 0 Å². The smallest absolute Gasteiger partial charge is 0.256 e. The van der Waals surface area contributed by atoms with Crippen molar-refractivity contribution in [3.8, 4) is 0 Å². The fourth-order valence-corrected chi connectivity index (χ4v) is 3.06. The van der Waals surface area contributed by atoms with Crippen molar-refractivity contribution in [1.29, 1.82) is 0 Å². The number of aromatic nitrogens is 2.